The standard InChI is InChI=1S/C25H33N3O4/c1-5-6-10-18(23(31)26-17-9-7-8-16(11-17)14-29)28-24(32)22-15(2)21-19(27-22)12-25(3,4)13-20(21)30/h7-9,11,18,27,29H,5-6,10,12-14H2,1-4H3,(H,26,31)(H,28,32). The zero-order chi connectivity index (χ0) is 23.5. The largest absolute Gasteiger partial charge is 0.392 e. The van der Waals surface area contributed by atoms with E-state index in [1.165, 1.54) is 0 Å². The lowest BCUT2D eigenvalue weighted by molar-refractivity contribution is -0.118. The van der Waals surface area contributed by atoms with E-state index in [1.807, 2.05) is 20.8 Å². The van der Waals surface area contributed by atoms with Gasteiger partial charge in [-0.1, -0.05) is 45.7 Å². The number of amides is 2. The lowest BCUT2D eigenvalue weighted by Gasteiger charge is -2.28. The summed E-state index contributed by atoms with van der Waals surface area (Å²) in [6.07, 6.45) is 3.32. The van der Waals surface area contributed by atoms with Gasteiger partial charge >= 0.3 is 0 Å². The van der Waals surface area contributed by atoms with Crippen molar-refractivity contribution in [1.82, 2.24) is 10.3 Å². The zero-order valence-electron chi connectivity index (χ0n) is 19.3. The normalized spacial score (nSPS) is 15.7. The molecule has 0 bridgehead atoms. The number of carbonyl (C=O) groups excluding carboxylic acids is 3. The third-order valence-electron chi connectivity index (χ3n) is 5.97. The van der Waals surface area contributed by atoms with Crippen molar-refractivity contribution >= 4 is 23.3 Å². The Hall–Kier alpha value is -2.93. The molecule has 172 valence electrons. The van der Waals surface area contributed by atoms with Crippen molar-refractivity contribution in [2.24, 2.45) is 5.41 Å². The molecule has 0 spiro atoms. The van der Waals surface area contributed by atoms with Gasteiger partial charge in [-0.15, -0.1) is 0 Å². The molecule has 0 saturated carbocycles. The van der Waals surface area contributed by atoms with E-state index in [2.05, 4.69) is 15.6 Å². The summed E-state index contributed by atoms with van der Waals surface area (Å²) in [4.78, 5) is 41.9. The summed E-state index contributed by atoms with van der Waals surface area (Å²) < 4.78 is 0. The predicted octanol–water partition coefficient (Wildman–Crippen LogP) is 3.90. The molecule has 1 heterocycles. The Labute approximate surface area is 189 Å². The number of unbranched alkanes of at least 4 members (excludes halogenated alkanes) is 1. The van der Waals surface area contributed by atoms with E-state index < -0.39 is 6.04 Å². The molecule has 0 fully saturated rings. The number of Topliss-reactive ketones (excluding diaryl/α,β-unsaturated/α-hetero) is 1. The number of aliphatic hydroxyl groups is 1. The van der Waals surface area contributed by atoms with E-state index >= 15 is 0 Å². The summed E-state index contributed by atoms with van der Waals surface area (Å²) in [5, 5.41) is 15.0. The van der Waals surface area contributed by atoms with Crippen LogP contribution in [0.2, 0.25) is 0 Å². The van der Waals surface area contributed by atoms with Gasteiger partial charge in [0.2, 0.25) is 5.91 Å². The smallest absolute Gasteiger partial charge is 0.268 e. The molecule has 7 nitrogen and oxygen atoms in total. The van der Waals surface area contributed by atoms with Crippen LogP contribution in [-0.4, -0.2) is 33.7 Å². The molecule has 7 heteroatoms. The molecule has 0 saturated heterocycles. The Bertz CT molecular complexity index is 1020. The molecular formula is C25H33N3O4. The summed E-state index contributed by atoms with van der Waals surface area (Å²) >= 11 is 0. The molecule has 1 aromatic heterocycles. The highest BCUT2D eigenvalue weighted by Gasteiger charge is 2.35. The van der Waals surface area contributed by atoms with Crippen molar-refractivity contribution in [3.05, 3.63) is 52.3 Å². The minimum absolute atomic E-state index is 0.0492. The molecule has 2 amide bonds. The maximum atomic E-state index is 13.1. The number of ketones is 1. The Kier molecular flexibility index (Phi) is 7.19. The van der Waals surface area contributed by atoms with E-state index in [9.17, 15) is 19.5 Å². The summed E-state index contributed by atoms with van der Waals surface area (Å²) in [6.45, 7) is 7.77. The number of nitrogens with one attached hydrogen (secondary N) is 3. The molecule has 0 radical (unpaired) electrons. The molecular weight excluding hydrogens is 406 g/mol. The highest BCUT2D eigenvalue weighted by molar-refractivity contribution is 6.06. The van der Waals surface area contributed by atoms with Crippen molar-refractivity contribution in [3.63, 3.8) is 0 Å². The first-order chi connectivity index (χ1) is 15.1. The number of hydrogen-bond acceptors (Lipinski definition) is 4. The lowest BCUT2D eigenvalue weighted by atomic mass is 9.75. The molecule has 1 unspecified atom stereocenters. The molecule has 0 aliphatic heterocycles. The van der Waals surface area contributed by atoms with Crippen LogP contribution in [0.5, 0.6) is 0 Å². The fourth-order valence-electron chi connectivity index (χ4n) is 4.34. The maximum Gasteiger partial charge on any atom is 0.268 e. The lowest BCUT2D eigenvalue weighted by Crippen LogP contribution is -2.44. The Morgan fingerprint density at radius 2 is 2.00 bits per heavy atom. The van der Waals surface area contributed by atoms with Crippen LogP contribution in [0.3, 0.4) is 0 Å². The number of hydrogen-bond donors (Lipinski definition) is 4. The average Bonchev–Trinajstić information content (AvgIpc) is 3.06. The van der Waals surface area contributed by atoms with Crippen LogP contribution in [0.1, 0.15) is 84.1 Å². The number of aromatic amines is 1. The van der Waals surface area contributed by atoms with Crippen molar-refractivity contribution in [2.75, 3.05) is 5.32 Å². The molecule has 4 N–H and O–H groups in total. The van der Waals surface area contributed by atoms with Crippen molar-refractivity contribution in [2.45, 2.75) is 72.4 Å². The molecule has 1 atom stereocenters. The second kappa shape index (κ2) is 9.69. The van der Waals surface area contributed by atoms with Gasteiger partial charge in [-0.25, -0.2) is 0 Å². The van der Waals surface area contributed by atoms with Gasteiger partial charge in [-0.05, 0) is 48.4 Å². The van der Waals surface area contributed by atoms with Gasteiger partial charge in [-0.3, -0.25) is 14.4 Å². The number of carbonyl (C=O) groups is 3. The van der Waals surface area contributed by atoms with Crippen LogP contribution in [0, 0.1) is 12.3 Å². The third-order valence-corrected chi connectivity index (χ3v) is 5.97. The number of fused-ring (bicyclic) bond motifs is 1. The van der Waals surface area contributed by atoms with Gasteiger partial charge in [0.05, 0.1) is 6.61 Å². The maximum absolute atomic E-state index is 13.1. The summed E-state index contributed by atoms with van der Waals surface area (Å²) in [5.74, 6) is -0.649. The van der Waals surface area contributed by atoms with Gasteiger partial charge in [0, 0.05) is 23.4 Å². The van der Waals surface area contributed by atoms with Gasteiger partial charge < -0.3 is 20.7 Å². The van der Waals surface area contributed by atoms with Gasteiger partial charge in [0.25, 0.3) is 5.91 Å². The molecule has 1 aromatic carbocycles. The number of benzene rings is 1. The van der Waals surface area contributed by atoms with E-state index in [-0.39, 0.29) is 29.6 Å². The monoisotopic (exact) mass is 439 g/mol. The predicted molar refractivity (Wildman–Crippen MR) is 124 cm³/mol. The van der Waals surface area contributed by atoms with E-state index in [1.54, 1.807) is 31.2 Å². The molecule has 1 aliphatic rings. The van der Waals surface area contributed by atoms with Crippen LogP contribution in [0.4, 0.5) is 5.69 Å². The Balaban J connectivity index is 1.79. The summed E-state index contributed by atoms with van der Waals surface area (Å²) in [5.41, 5.74) is 3.51. The highest BCUT2D eigenvalue weighted by atomic mass is 16.3. The zero-order valence-corrected chi connectivity index (χ0v) is 19.3. The van der Waals surface area contributed by atoms with Crippen molar-refractivity contribution in [1.29, 1.82) is 0 Å². The number of aromatic nitrogens is 1. The van der Waals surface area contributed by atoms with Gasteiger partial charge in [0.1, 0.15) is 11.7 Å². The molecule has 2 aromatic rings. The topological polar surface area (TPSA) is 111 Å². The number of anilines is 1. The van der Waals surface area contributed by atoms with Crippen molar-refractivity contribution < 1.29 is 19.5 Å². The second-order valence-electron chi connectivity index (χ2n) is 9.44. The number of rotatable bonds is 8. The first-order valence-electron chi connectivity index (χ1n) is 11.2. The quantitative estimate of drug-likeness (QED) is 0.500. The van der Waals surface area contributed by atoms with Crippen LogP contribution < -0.4 is 10.6 Å². The third kappa shape index (κ3) is 5.27. The first-order valence-corrected chi connectivity index (χ1v) is 11.2. The molecule has 32 heavy (non-hydrogen) atoms. The Morgan fingerprint density at radius 3 is 2.69 bits per heavy atom. The first kappa shape index (κ1) is 23.7. The average molecular weight is 440 g/mol. The minimum Gasteiger partial charge on any atom is -0.392 e. The summed E-state index contributed by atoms with van der Waals surface area (Å²) in [6, 6.07) is 6.25. The molecule has 3 rings (SSSR count). The summed E-state index contributed by atoms with van der Waals surface area (Å²) in [7, 11) is 0. The van der Waals surface area contributed by atoms with Gasteiger partial charge in [-0.2, -0.15) is 0 Å². The highest BCUT2D eigenvalue weighted by Crippen LogP contribution is 2.36. The molecule has 1 aliphatic carbocycles. The number of aliphatic hydroxyl groups excluding tert-OH is 1. The fraction of sp³-hybridized carbons (Fsp3) is 0.480. The van der Waals surface area contributed by atoms with Crippen LogP contribution >= 0.6 is 0 Å². The fourth-order valence-corrected chi connectivity index (χ4v) is 4.34. The SMILES string of the molecule is CCCCC(NC(=O)c1[nH]c2c(c1C)C(=O)CC(C)(C)C2)C(=O)Nc1cccc(CO)c1. The van der Waals surface area contributed by atoms with Crippen LogP contribution in [-0.2, 0) is 17.8 Å². The van der Waals surface area contributed by atoms with Gasteiger partial charge in [0.15, 0.2) is 5.78 Å². The van der Waals surface area contributed by atoms with E-state index in [0.717, 1.165) is 18.5 Å². The van der Waals surface area contributed by atoms with Crippen LogP contribution in [0.15, 0.2) is 24.3 Å². The van der Waals surface area contributed by atoms with E-state index in [0.29, 0.717) is 47.3 Å². The number of H-pyrrole nitrogens is 1. The Morgan fingerprint density at radius 1 is 1.25 bits per heavy atom. The van der Waals surface area contributed by atoms with E-state index in [4.69, 9.17) is 0 Å². The van der Waals surface area contributed by atoms with Crippen LogP contribution in [0.25, 0.3) is 0 Å². The van der Waals surface area contributed by atoms with Crippen molar-refractivity contribution in [3.8, 4) is 0 Å². The second-order valence-corrected chi connectivity index (χ2v) is 9.44. The minimum atomic E-state index is -0.716.